The first-order valence-electron chi connectivity index (χ1n) is 10.1. The van der Waals surface area contributed by atoms with Crippen molar-refractivity contribution in [2.45, 2.75) is 26.2 Å². The second-order valence-corrected chi connectivity index (χ2v) is 8.36. The standard InChI is InChI=1S/C26H26N2O3/c1-26(2,3)19-10-6-8-17(12-19)18-9-7-11-20(13-18)31-25-21-14-23(29-4)24(30-5)15-22(21)27-16-28-25/h6-16H,1-5H3. The summed E-state index contributed by atoms with van der Waals surface area (Å²) < 4.78 is 17.0. The molecule has 3 aromatic carbocycles. The lowest BCUT2D eigenvalue weighted by molar-refractivity contribution is 0.355. The molecule has 0 unspecified atom stereocenters. The summed E-state index contributed by atoms with van der Waals surface area (Å²) in [6.45, 7) is 6.65. The maximum Gasteiger partial charge on any atom is 0.230 e. The van der Waals surface area contributed by atoms with Crippen molar-refractivity contribution in [2.75, 3.05) is 14.2 Å². The zero-order valence-electron chi connectivity index (χ0n) is 18.5. The van der Waals surface area contributed by atoms with Crippen molar-refractivity contribution < 1.29 is 14.2 Å². The van der Waals surface area contributed by atoms with Gasteiger partial charge in [-0.25, -0.2) is 9.97 Å². The minimum Gasteiger partial charge on any atom is -0.493 e. The van der Waals surface area contributed by atoms with E-state index in [2.05, 4.69) is 61.1 Å². The number of hydrogen-bond donors (Lipinski definition) is 0. The van der Waals surface area contributed by atoms with Gasteiger partial charge in [0.1, 0.15) is 12.1 Å². The highest BCUT2D eigenvalue weighted by Crippen LogP contribution is 2.36. The van der Waals surface area contributed by atoms with Gasteiger partial charge in [0.25, 0.3) is 0 Å². The van der Waals surface area contributed by atoms with Crippen LogP contribution in [0.3, 0.4) is 0 Å². The number of benzene rings is 3. The number of fused-ring (bicyclic) bond motifs is 1. The van der Waals surface area contributed by atoms with Crippen molar-refractivity contribution in [3.63, 3.8) is 0 Å². The van der Waals surface area contributed by atoms with E-state index in [9.17, 15) is 0 Å². The van der Waals surface area contributed by atoms with E-state index in [1.54, 1.807) is 14.2 Å². The van der Waals surface area contributed by atoms with E-state index >= 15 is 0 Å². The molecule has 4 rings (SSSR count). The molecule has 0 amide bonds. The fraction of sp³-hybridized carbons (Fsp3) is 0.231. The van der Waals surface area contributed by atoms with Crippen LogP contribution in [0.15, 0.2) is 67.0 Å². The third-order valence-corrected chi connectivity index (χ3v) is 5.21. The average molecular weight is 415 g/mol. The summed E-state index contributed by atoms with van der Waals surface area (Å²) >= 11 is 0. The van der Waals surface area contributed by atoms with Crippen molar-refractivity contribution in [3.8, 4) is 34.3 Å². The molecule has 0 saturated heterocycles. The van der Waals surface area contributed by atoms with Gasteiger partial charge in [-0.05, 0) is 40.3 Å². The van der Waals surface area contributed by atoms with Crippen molar-refractivity contribution in [1.29, 1.82) is 0 Å². The van der Waals surface area contributed by atoms with E-state index in [0.717, 1.165) is 22.0 Å². The SMILES string of the molecule is COc1cc2ncnc(Oc3cccc(-c4cccc(C(C)(C)C)c4)c3)c2cc1OC. The molecule has 0 saturated carbocycles. The molecule has 158 valence electrons. The Kier molecular flexibility index (Phi) is 5.51. The third kappa shape index (κ3) is 4.31. The summed E-state index contributed by atoms with van der Waals surface area (Å²) in [4.78, 5) is 8.69. The molecule has 1 aromatic heterocycles. The lowest BCUT2D eigenvalue weighted by Crippen LogP contribution is -2.10. The number of rotatable bonds is 5. The number of methoxy groups -OCH3 is 2. The van der Waals surface area contributed by atoms with Crippen LogP contribution < -0.4 is 14.2 Å². The molecule has 0 atom stereocenters. The molecule has 5 heteroatoms. The highest BCUT2D eigenvalue weighted by Gasteiger charge is 2.15. The van der Waals surface area contributed by atoms with Gasteiger partial charge in [-0.3, -0.25) is 0 Å². The van der Waals surface area contributed by atoms with Crippen LogP contribution >= 0.6 is 0 Å². The van der Waals surface area contributed by atoms with E-state index in [1.165, 1.54) is 11.9 Å². The normalized spacial score (nSPS) is 11.4. The van der Waals surface area contributed by atoms with Crippen LogP contribution in [0.2, 0.25) is 0 Å². The molecule has 0 spiro atoms. The molecule has 4 aromatic rings. The molecule has 0 aliphatic rings. The van der Waals surface area contributed by atoms with Crippen LogP contribution in [0.4, 0.5) is 0 Å². The molecule has 0 aliphatic heterocycles. The molecule has 0 radical (unpaired) electrons. The third-order valence-electron chi connectivity index (χ3n) is 5.21. The van der Waals surface area contributed by atoms with Gasteiger partial charge in [-0.1, -0.05) is 57.2 Å². The Labute approximate surface area is 182 Å². The minimum absolute atomic E-state index is 0.0874. The molecular formula is C26H26N2O3. The van der Waals surface area contributed by atoms with Crippen LogP contribution in [0, 0.1) is 0 Å². The molecule has 0 aliphatic carbocycles. The number of hydrogen-bond acceptors (Lipinski definition) is 5. The molecule has 5 nitrogen and oxygen atoms in total. The molecule has 31 heavy (non-hydrogen) atoms. The predicted octanol–water partition coefficient (Wildman–Crippen LogP) is 6.40. The Balaban J connectivity index is 1.71. The van der Waals surface area contributed by atoms with Gasteiger partial charge in [0.2, 0.25) is 5.88 Å². The summed E-state index contributed by atoms with van der Waals surface area (Å²) in [6, 6.07) is 20.3. The van der Waals surface area contributed by atoms with Crippen LogP contribution in [-0.2, 0) is 5.41 Å². The van der Waals surface area contributed by atoms with Gasteiger partial charge in [0.05, 0.1) is 25.1 Å². The van der Waals surface area contributed by atoms with Crippen molar-refractivity contribution in [1.82, 2.24) is 9.97 Å². The molecule has 0 bridgehead atoms. The van der Waals surface area contributed by atoms with Crippen molar-refractivity contribution in [2.24, 2.45) is 0 Å². The van der Waals surface area contributed by atoms with Crippen LogP contribution in [-0.4, -0.2) is 24.2 Å². The Hall–Kier alpha value is -3.60. The Morgan fingerprint density at radius 1 is 0.742 bits per heavy atom. The maximum atomic E-state index is 6.18. The van der Waals surface area contributed by atoms with E-state index < -0.39 is 0 Å². The zero-order valence-corrected chi connectivity index (χ0v) is 18.5. The topological polar surface area (TPSA) is 53.5 Å². The van der Waals surface area contributed by atoms with Gasteiger partial charge in [-0.15, -0.1) is 0 Å². The average Bonchev–Trinajstić information content (AvgIpc) is 2.78. The van der Waals surface area contributed by atoms with Gasteiger partial charge in [0, 0.05) is 6.07 Å². The van der Waals surface area contributed by atoms with Gasteiger partial charge in [-0.2, -0.15) is 0 Å². The summed E-state index contributed by atoms with van der Waals surface area (Å²) in [5.41, 5.74) is 4.33. The smallest absolute Gasteiger partial charge is 0.230 e. The first kappa shape index (κ1) is 20.7. The van der Waals surface area contributed by atoms with E-state index in [1.807, 2.05) is 30.3 Å². The van der Waals surface area contributed by atoms with E-state index in [-0.39, 0.29) is 5.41 Å². The first-order valence-corrected chi connectivity index (χ1v) is 10.1. The van der Waals surface area contributed by atoms with E-state index in [0.29, 0.717) is 23.1 Å². The number of aromatic nitrogens is 2. The van der Waals surface area contributed by atoms with Crippen molar-refractivity contribution >= 4 is 10.9 Å². The molecule has 0 fully saturated rings. The minimum atomic E-state index is 0.0874. The largest absolute Gasteiger partial charge is 0.493 e. The quantitative estimate of drug-likeness (QED) is 0.378. The van der Waals surface area contributed by atoms with Crippen molar-refractivity contribution in [3.05, 3.63) is 72.6 Å². The number of ether oxygens (including phenoxy) is 3. The Bertz CT molecular complexity index is 1230. The highest BCUT2D eigenvalue weighted by atomic mass is 16.5. The lowest BCUT2D eigenvalue weighted by atomic mass is 9.85. The second-order valence-electron chi connectivity index (χ2n) is 8.36. The maximum absolute atomic E-state index is 6.18. The van der Waals surface area contributed by atoms with E-state index in [4.69, 9.17) is 14.2 Å². The Morgan fingerprint density at radius 3 is 2.13 bits per heavy atom. The summed E-state index contributed by atoms with van der Waals surface area (Å²) in [7, 11) is 3.20. The summed E-state index contributed by atoms with van der Waals surface area (Å²) in [5, 5.41) is 0.750. The zero-order chi connectivity index (χ0) is 22.0. The summed E-state index contributed by atoms with van der Waals surface area (Å²) in [6.07, 6.45) is 1.49. The number of nitrogens with zero attached hydrogens (tertiary/aromatic N) is 2. The monoisotopic (exact) mass is 414 g/mol. The fourth-order valence-corrected chi connectivity index (χ4v) is 3.46. The summed E-state index contributed by atoms with van der Waals surface area (Å²) in [5.74, 6) is 2.38. The first-order chi connectivity index (χ1) is 14.9. The fourth-order valence-electron chi connectivity index (χ4n) is 3.46. The van der Waals surface area contributed by atoms with Gasteiger partial charge >= 0.3 is 0 Å². The van der Waals surface area contributed by atoms with Crippen LogP contribution in [0.5, 0.6) is 23.1 Å². The second kappa shape index (κ2) is 8.26. The van der Waals surface area contributed by atoms with Gasteiger partial charge in [0.15, 0.2) is 11.5 Å². The molecular weight excluding hydrogens is 388 g/mol. The Morgan fingerprint density at radius 2 is 1.42 bits per heavy atom. The van der Waals surface area contributed by atoms with Gasteiger partial charge < -0.3 is 14.2 Å². The predicted molar refractivity (Wildman–Crippen MR) is 123 cm³/mol. The molecule has 0 N–H and O–H groups in total. The highest BCUT2D eigenvalue weighted by molar-refractivity contribution is 5.87. The molecule has 1 heterocycles. The lowest BCUT2D eigenvalue weighted by Gasteiger charge is -2.20. The van der Waals surface area contributed by atoms with Crippen LogP contribution in [0.1, 0.15) is 26.3 Å². The van der Waals surface area contributed by atoms with Crippen LogP contribution in [0.25, 0.3) is 22.0 Å².